The Kier molecular flexibility index (Phi) is 8.12. The number of morpholine rings is 1. The molecule has 0 atom stereocenters. The molecule has 1 aliphatic rings. The molecular formula is C18H28FN3O2. The third-order valence-corrected chi connectivity index (χ3v) is 4.33. The number of ether oxygens (including phenoxy) is 1. The van der Waals surface area contributed by atoms with Crippen molar-refractivity contribution in [1.29, 1.82) is 0 Å². The zero-order valence-corrected chi connectivity index (χ0v) is 14.5. The Hall–Kier alpha value is -1.53. The van der Waals surface area contributed by atoms with Crippen molar-refractivity contribution in [2.75, 3.05) is 45.9 Å². The smallest absolute Gasteiger partial charge is 0.254 e. The molecule has 1 saturated heterocycles. The van der Waals surface area contributed by atoms with E-state index in [0.717, 1.165) is 52.1 Å². The van der Waals surface area contributed by atoms with E-state index in [2.05, 4.69) is 16.8 Å². The van der Waals surface area contributed by atoms with Gasteiger partial charge in [0.05, 0.1) is 13.2 Å². The van der Waals surface area contributed by atoms with Gasteiger partial charge in [0, 0.05) is 50.6 Å². The van der Waals surface area contributed by atoms with Crippen molar-refractivity contribution in [3.05, 3.63) is 29.8 Å². The highest BCUT2D eigenvalue weighted by Gasteiger charge is 2.18. The first-order valence-corrected chi connectivity index (χ1v) is 8.91. The SMILES string of the molecule is CCCCCCN(CCN1CCOCC1)C(=O)c1ccnc(F)c1. The fourth-order valence-electron chi connectivity index (χ4n) is 2.85. The lowest BCUT2D eigenvalue weighted by atomic mass is 10.1. The molecule has 0 unspecified atom stereocenters. The van der Waals surface area contributed by atoms with Crippen molar-refractivity contribution >= 4 is 5.91 Å². The average molecular weight is 337 g/mol. The molecule has 24 heavy (non-hydrogen) atoms. The van der Waals surface area contributed by atoms with Gasteiger partial charge in [-0.2, -0.15) is 4.39 Å². The third-order valence-electron chi connectivity index (χ3n) is 4.33. The van der Waals surface area contributed by atoms with Crippen LogP contribution in [0.5, 0.6) is 0 Å². The van der Waals surface area contributed by atoms with Crippen LogP contribution >= 0.6 is 0 Å². The first kappa shape index (κ1) is 18.8. The maximum absolute atomic E-state index is 13.3. The Bertz CT molecular complexity index is 507. The van der Waals surface area contributed by atoms with Crippen LogP contribution in [-0.2, 0) is 4.74 Å². The van der Waals surface area contributed by atoms with Gasteiger partial charge in [0.25, 0.3) is 5.91 Å². The zero-order valence-electron chi connectivity index (χ0n) is 14.5. The molecule has 0 N–H and O–H groups in total. The summed E-state index contributed by atoms with van der Waals surface area (Å²) in [5, 5.41) is 0. The molecule has 0 bridgehead atoms. The van der Waals surface area contributed by atoms with E-state index in [-0.39, 0.29) is 5.91 Å². The van der Waals surface area contributed by atoms with Gasteiger partial charge in [-0.05, 0) is 12.5 Å². The Morgan fingerprint density at radius 1 is 1.29 bits per heavy atom. The molecule has 1 aromatic heterocycles. The van der Waals surface area contributed by atoms with Crippen LogP contribution in [0.25, 0.3) is 0 Å². The summed E-state index contributed by atoms with van der Waals surface area (Å²) in [4.78, 5) is 20.4. The lowest BCUT2D eigenvalue weighted by molar-refractivity contribution is 0.0324. The van der Waals surface area contributed by atoms with Gasteiger partial charge in [-0.15, -0.1) is 0 Å². The Morgan fingerprint density at radius 3 is 2.79 bits per heavy atom. The lowest BCUT2D eigenvalue weighted by Gasteiger charge is -2.30. The topological polar surface area (TPSA) is 45.7 Å². The fourth-order valence-corrected chi connectivity index (χ4v) is 2.85. The summed E-state index contributed by atoms with van der Waals surface area (Å²) in [7, 11) is 0. The molecule has 1 amide bonds. The van der Waals surface area contributed by atoms with Crippen molar-refractivity contribution in [1.82, 2.24) is 14.8 Å². The van der Waals surface area contributed by atoms with E-state index in [1.54, 1.807) is 6.07 Å². The van der Waals surface area contributed by atoms with Gasteiger partial charge in [0.1, 0.15) is 0 Å². The summed E-state index contributed by atoms with van der Waals surface area (Å²) in [6.07, 6.45) is 5.78. The largest absolute Gasteiger partial charge is 0.379 e. The van der Waals surface area contributed by atoms with Crippen molar-refractivity contribution in [2.24, 2.45) is 0 Å². The van der Waals surface area contributed by atoms with E-state index in [1.807, 2.05) is 4.90 Å². The van der Waals surface area contributed by atoms with Crippen LogP contribution in [0.15, 0.2) is 18.3 Å². The number of unbranched alkanes of at least 4 members (excludes halogenated alkanes) is 3. The Labute approximate surface area is 143 Å². The first-order valence-electron chi connectivity index (χ1n) is 8.91. The first-order chi connectivity index (χ1) is 11.7. The molecule has 2 heterocycles. The minimum atomic E-state index is -0.611. The highest BCUT2D eigenvalue weighted by Crippen LogP contribution is 2.09. The number of aromatic nitrogens is 1. The molecular weight excluding hydrogens is 309 g/mol. The second-order valence-electron chi connectivity index (χ2n) is 6.17. The zero-order chi connectivity index (χ0) is 17.2. The highest BCUT2D eigenvalue weighted by molar-refractivity contribution is 5.94. The van der Waals surface area contributed by atoms with Crippen LogP contribution < -0.4 is 0 Å². The summed E-state index contributed by atoms with van der Waals surface area (Å²) in [5.74, 6) is -0.721. The van der Waals surface area contributed by atoms with E-state index in [1.165, 1.54) is 18.7 Å². The van der Waals surface area contributed by atoms with Gasteiger partial charge in [0.2, 0.25) is 5.95 Å². The molecule has 0 radical (unpaired) electrons. The number of nitrogens with zero attached hydrogens (tertiary/aromatic N) is 3. The molecule has 1 aromatic rings. The molecule has 0 aliphatic carbocycles. The fraction of sp³-hybridized carbons (Fsp3) is 0.667. The van der Waals surface area contributed by atoms with Crippen LogP contribution in [0, 0.1) is 5.95 Å². The van der Waals surface area contributed by atoms with Crippen LogP contribution in [-0.4, -0.2) is 66.6 Å². The molecule has 6 heteroatoms. The average Bonchev–Trinajstić information content (AvgIpc) is 2.61. The van der Waals surface area contributed by atoms with Gasteiger partial charge >= 0.3 is 0 Å². The molecule has 1 fully saturated rings. The van der Waals surface area contributed by atoms with Gasteiger partial charge in [-0.25, -0.2) is 4.98 Å². The van der Waals surface area contributed by atoms with Crippen LogP contribution in [0.3, 0.4) is 0 Å². The molecule has 2 rings (SSSR count). The summed E-state index contributed by atoms with van der Waals surface area (Å²) < 4.78 is 18.7. The number of rotatable bonds is 9. The van der Waals surface area contributed by atoms with E-state index < -0.39 is 5.95 Å². The molecule has 0 spiro atoms. The number of amides is 1. The van der Waals surface area contributed by atoms with Gasteiger partial charge < -0.3 is 9.64 Å². The summed E-state index contributed by atoms with van der Waals surface area (Å²) in [6.45, 7) is 7.68. The van der Waals surface area contributed by atoms with E-state index in [4.69, 9.17) is 4.74 Å². The van der Waals surface area contributed by atoms with E-state index in [0.29, 0.717) is 18.7 Å². The van der Waals surface area contributed by atoms with Crippen molar-refractivity contribution in [2.45, 2.75) is 32.6 Å². The number of halogens is 1. The molecule has 5 nitrogen and oxygen atoms in total. The molecule has 0 aromatic carbocycles. The van der Waals surface area contributed by atoms with Crippen LogP contribution in [0.1, 0.15) is 43.0 Å². The van der Waals surface area contributed by atoms with Gasteiger partial charge in [0.15, 0.2) is 0 Å². The maximum atomic E-state index is 13.3. The standard InChI is InChI=1S/C18H28FN3O2/c1-2-3-4-5-8-22(10-9-21-11-13-24-14-12-21)18(23)16-6-7-20-17(19)15-16/h6-7,15H,2-5,8-14H2,1H3. The summed E-state index contributed by atoms with van der Waals surface area (Å²) in [5.41, 5.74) is 0.375. The second kappa shape index (κ2) is 10.4. The second-order valence-corrected chi connectivity index (χ2v) is 6.17. The molecule has 134 valence electrons. The number of carbonyl (C=O) groups is 1. The highest BCUT2D eigenvalue weighted by atomic mass is 19.1. The number of pyridine rings is 1. The van der Waals surface area contributed by atoms with Crippen molar-refractivity contribution in [3.8, 4) is 0 Å². The Balaban J connectivity index is 1.93. The summed E-state index contributed by atoms with van der Waals surface area (Å²) in [6, 6.07) is 2.80. The molecule has 0 saturated carbocycles. The van der Waals surface area contributed by atoms with Gasteiger partial charge in [-0.1, -0.05) is 26.2 Å². The lowest BCUT2D eigenvalue weighted by Crippen LogP contribution is -2.43. The maximum Gasteiger partial charge on any atom is 0.254 e. The minimum absolute atomic E-state index is 0.110. The third kappa shape index (κ3) is 6.17. The number of hydrogen-bond donors (Lipinski definition) is 0. The number of hydrogen-bond acceptors (Lipinski definition) is 4. The van der Waals surface area contributed by atoms with Gasteiger partial charge in [-0.3, -0.25) is 9.69 Å². The van der Waals surface area contributed by atoms with Crippen molar-refractivity contribution < 1.29 is 13.9 Å². The Morgan fingerprint density at radius 2 is 2.08 bits per heavy atom. The quantitative estimate of drug-likeness (QED) is 0.513. The molecule has 1 aliphatic heterocycles. The van der Waals surface area contributed by atoms with Crippen LogP contribution in [0.4, 0.5) is 4.39 Å². The number of carbonyl (C=O) groups excluding carboxylic acids is 1. The predicted octanol–water partition coefficient (Wildman–Crippen LogP) is 2.58. The van der Waals surface area contributed by atoms with E-state index in [9.17, 15) is 9.18 Å². The van der Waals surface area contributed by atoms with E-state index >= 15 is 0 Å². The minimum Gasteiger partial charge on any atom is -0.379 e. The summed E-state index contributed by atoms with van der Waals surface area (Å²) >= 11 is 0. The predicted molar refractivity (Wildman–Crippen MR) is 91.5 cm³/mol. The van der Waals surface area contributed by atoms with Crippen LogP contribution in [0.2, 0.25) is 0 Å². The normalized spacial score (nSPS) is 15.4. The monoisotopic (exact) mass is 337 g/mol. The van der Waals surface area contributed by atoms with Crippen molar-refractivity contribution in [3.63, 3.8) is 0 Å².